The van der Waals surface area contributed by atoms with Crippen LogP contribution < -0.4 is 5.73 Å². The summed E-state index contributed by atoms with van der Waals surface area (Å²) in [5.41, 5.74) is 6.29. The van der Waals surface area contributed by atoms with Crippen LogP contribution in [0.4, 0.5) is 0 Å². The fourth-order valence-corrected chi connectivity index (χ4v) is 1.79. The number of esters is 1. The van der Waals surface area contributed by atoms with Gasteiger partial charge in [-0.25, -0.2) is 0 Å². The van der Waals surface area contributed by atoms with Gasteiger partial charge in [-0.05, 0) is 0 Å². The molecular weight excluding hydrogens is 274 g/mol. The number of carbonyl (C=O) groups excluding carboxylic acids is 1. The van der Waals surface area contributed by atoms with Crippen LogP contribution in [-0.2, 0) is 9.53 Å². The van der Waals surface area contributed by atoms with Gasteiger partial charge in [0.1, 0.15) is 0 Å². The summed E-state index contributed by atoms with van der Waals surface area (Å²) in [7, 11) is 1.30. The van der Waals surface area contributed by atoms with E-state index in [0.29, 0.717) is 15.6 Å². The van der Waals surface area contributed by atoms with E-state index in [1.807, 2.05) is 0 Å². The average Bonchev–Trinajstić information content (AvgIpc) is 2.17. The van der Waals surface area contributed by atoms with Gasteiger partial charge in [-0.15, -0.1) is 12.4 Å². The number of methoxy groups -OCH3 is 1. The molecule has 1 heterocycles. The van der Waals surface area contributed by atoms with Crippen LogP contribution in [0.25, 0.3) is 0 Å². The molecule has 1 rings (SSSR count). The Labute approximate surface area is 109 Å². The Bertz CT molecular complexity index is 354. The number of rotatable bonds is 3. The highest BCUT2D eigenvalue weighted by molar-refractivity contribution is 6.35. The Kier molecular flexibility index (Phi) is 6.67. The molecule has 1 aromatic heterocycles. The van der Waals surface area contributed by atoms with Crippen LogP contribution in [-0.4, -0.2) is 18.1 Å². The van der Waals surface area contributed by atoms with Crippen molar-refractivity contribution < 1.29 is 9.53 Å². The van der Waals surface area contributed by atoms with Crippen molar-refractivity contribution in [1.82, 2.24) is 4.98 Å². The summed E-state index contributed by atoms with van der Waals surface area (Å²) in [5.74, 6) is -0.411. The predicted molar refractivity (Wildman–Crippen MR) is 65.1 cm³/mol. The van der Waals surface area contributed by atoms with Gasteiger partial charge in [0.15, 0.2) is 0 Å². The van der Waals surface area contributed by atoms with Gasteiger partial charge < -0.3 is 10.5 Å². The minimum Gasteiger partial charge on any atom is -0.469 e. The van der Waals surface area contributed by atoms with E-state index >= 15 is 0 Å². The standard InChI is InChI=1S/C9H10Cl2N2O2.ClH/c1-15-8(14)2-7(12)9-5(10)3-13-4-6(9)11;/h3-4,7H,2,12H2,1H3;1H/t7-;/m0./s1. The predicted octanol–water partition coefficient (Wildman–Crippen LogP) is 2.37. The van der Waals surface area contributed by atoms with Gasteiger partial charge in [0, 0.05) is 24.0 Å². The van der Waals surface area contributed by atoms with Crippen molar-refractivity contribution in [3.05, 3.63) is 28.0 Å². The molecule has 7 heteroatoms. The first-order chi connectivity index (χ1) is 7.06. The maximum absolute atomic E-state index is 11.0. The molecular formula is C9H11Cl3N2O2. The minimum absolute atomic E-state index is 0. The summed E-state index contributed by atoms with van der Waals surface area (Å²) in [6.07, 6.45) is 2.89. The molecule has 0 radical (unpaired) electrons. The molecule has 16 heavy (non-hydrogen) atoms. The van der Waals surface area contributed by atoms with Gasteiger partial charge in [-0.2, -0.15) is 0 Å². The van der Waals surface area contributed by atoms with Crippen LogP contribution in [0.3, 0.4) is 0 Å². The highest BCUT2D eigenvalue weighted by atomic mass is 35.5. The first-order valence-corrected chi connectivity index (χ1v) is 4.93. The first kappa shape index (κ1) is 15.4. The molecule has 0 aliphatic rings. The highest BCUT2D eigenvalue weighted by Gasteiger charge is 2.18. The van der Waals surface area contributed by atoms with Gasteiger partial charge >= 0.3 is 5.97 Å². The Morgan fingerprint density at radius 1 is 1.50 bits per heavy atom. The fourth-order valence-electron chi connectivity index (χ4n) is 1.14. The summed E-state index contributed by atoms with van der Waals surface area (Å²) in [6.45, 7) is 0. The molecule has 0 unspecified atom stereocenters. The summed E-state index contributed by atoms with van der Waals surface area (Å²) in [4.78, 5) is 14.8. The van der Waals surface area contributed by atoms with E-state index in [0.717, 1.165) is 0 Å². The van der Waals surface area contributed by atoms with E-state index in [1.54, 1.807) is 0 Å². The maximum Gasteiger partial charge on any atom is 0.307 e. The second-order valence-electron chi connectivity index (χ2n) is 2.90. The van der Waals surface area contributed by atoms with Crippen molar-refractivity contribution in [1.29, 1.82) is 0 Å². The number of nitrogens with zero attached hydrogens (tertiary/aromatic N) is 1. The first-order valence-electron chi connectivity index (χ1n) is 4.17. The average molecular weight is 286 g/mol. The minimum atomic E-state index is -0.583. The van der Waals surface area contributed by atoms with Crippen LogP contribution in [0.1, 0.15) is 18.0 Å². The summed E-state index contributed by atoms with van der Waals surface area (Å²) >= 11 is 11.7. The SMILES string of the molecule is COC(=O)C[C@H](N)c1c(Cl)cncc1Cl.Cl. The van der Waals surface area contributed by atoms with E-state index in [4.69, 9.17) is 28.9 Å². The third kappa shape index (κ3) is 3.79. The van der Waals surface area contributed by atoms with Crippen LogP contribution in [0, 0.1) is 0 Å². The lowest BCUT2D eigenvalue weighted by Crippen LogP contribution is -2.17. The molecule has 0 amide bonds. The second-order valence-corrected chi connectivity index (χ2v) is 3.72. The number of carbonyl (C=O) groups is 1. The lowest BCUT2D eigenvalue weighted by atomic mass is 10.1. The van der Waals surface area contributed by atoms with Crippen molar-refractivity contribution in [2.75, 3.05) is 7.11 Å². The zero-order valence-electron chi connectivity index (χ0n) is 8.44. The lowest BCUT2D eigenvalue weighted by Gasteiger charge is -2.13. The third-order valence-electron chi connectivity index (χ3n) is 1.88. The molecule has 0 aliphatic heterocycles. The molecule has 1 atom stereocenters. The van der Waals surface area contributed by atoms with Crippen LogP contribution in [0.2, 0.25) is 10.0 Å². The second kappa shape index (κ2) is 6.91. The number of hydrogen-bond donors (Lipinski definition) is 1. The third-order valence-corrected chi connectivity index (χ3v) is 2.48. The van der Waals surface area contributed by atoms with Gasteiger partial charge in [0.2, 0.25) is 0 Å². The molecule has 0 saturated carbocycles. The molecule has 4 nitrogen and oxygen atoms in total. The summed E-state index contributed by atoms with van der Waals surface area (Å²) < 4.78 is 4.50. The Hall–Kier alpha value is -0.550. The number of nitrogens with two attached hydrogens (primary N) is 1. The Morgan fingerprint density at radius 2 is 2.00 bits per heavy atom. The van der Waals surface area contributed by atoms with Gasteiger partial charge in [0.05, 0.1) is 23.6 Å². The van der Waals surface area contributed by atoms with Gasteiger partial charge in [0.25, 0.3) is 0 Å². The van der Waals surface area contributed by atoms with E-state index in [9.17, 15) is 4.79 Å². The van der Waals surface area contributed by atoms with Crippen molar-refractivity contribution in [2.45, 2.75) is 12.5 Å². The van der Waals surface area contributed by atoms with E-state index in [-0.39, 0.29) is 18.8 Å². The van der Waals surface area contributed by atoms with E-state index < -0.39 is 12.0 Å². The quantitative estimate of drug-likeness (QED) is 0.866. The fraction of sp³-hybridized carbons (Fsp3) is 0.333. The molecule has 1 aromatic rings. The van der Waals surface area contributed by atoms with E-state index in [2.05, 4.69) is 9.72 Å². The zero-order chi connectivity index (χ0) is 11.4. The molecule has 0 spiro atoms. The maximum atomic E-state index is 11.0. The van der Waals surface area contributed by atoms with Crippen molar-refractivity contribution in [3.63, 3.8) is 0 Å². The monoisotopic (exact) mass is 284 g/mol. The van der Waals surface area contributed by atoms with E-state index in [1.165, 1.54) is 19.5 Å². The lowest BCUT2D eigenvalue weighted by molar-refractivity contribution is -0.141. The summed E-state index contributed by atoms with van der Waals surface area (Å²) in [6, 6.07) is -0.583. The number of halogens is 3. The van der Waals surface area contributed by atoms with Crippen molar-refractivity contribution in [2.24, 2.45) is 5.73 Å². The van der Waals surface area contributed by atoms with Crippen LogP contribution in [0.15, 0.2) is 12.4 Å². The summed E-state index contributed by atoms with van der Waals surface area (Å²) in [5, 5.41) is 0.692. The number of aromatic nitrogens is 1. The van der Waals surface area contributed by atoms with Gasteiger partial charge in [-0.1, -0.05) is 23.2 Å². The molecule has 0 bridgehead atoms. The molecule has 90 valence electrons. The molecule has 2 N–H and O–H groups in total. The largest absolute Gasteiger partial charge is 0.469 e. The Morgan fingerprint density at radius 3 is 2.44 bits per heavy atom. The van der Waals surface area contributed by atoms with Gasteiger partial charge in [-0.3, -0.25) is 9.78 Å². The normalized spacial score (nSPS) is 11.5. The topological polar surface area (TPSA) is 65.2 Å². The molecule has 0 aromatic carbocycles. The Balaban J connectivity index is 0.00000225. The smallest absolute Gasteiger partial charge is 0.307 e. The number of ether oxygens (including phenoxy) is 1. The van der Waals surface area contributed by atoms with Crippen LogP contribution in [0.5, 0.6) is 0 Å². The molecule has 0 fully saturated rings. The molecule has 0 saturated heterocycles. The van der Waals surface area contributed by atoms with Crippen LogP contribution >= 0.6 is 35.6 Å². The zero-order valence-corrected chi connectivity index (χ0v) is 10.8. The number of hydrogen-bond acceptors (Lipinski definition) is 4. The highest BCUT2D eigenvalue weighted by Crippen LogP contribution is 2.29. The van der Waals surface area contributed by atoms with Crippen molar-refractivity contribution >= 4 is 41.6 Å². The number of pyridine rings is 1. The van der Waals surface area contributed by atoms with Crippen molar-refractivity contribution in [3.8, 4) is 0 Å². The molecule has 0 aliphatic carbocycles.